The molecule has 50 heavy (non-hydrogen) atoms. The summed E-state index contributed by atoms with van der Waals surface area (Å²) in [6, 6.07) is 0. The quantitative estimate of drug-likeness (QED) is 0.0274. The topological polar surface area (TPSA) is 134 Å². The standard InChI is InChI=1S/C40H78NO8P/c1-3-5-7-9-11-13-15-17-18-19-21-22-24-26-28-30-32-39(42)46-36-38(37-48-50(44,45)47-35-34-41)49-40(43)33-31-29-27-25-23-20-16-14-12-10-8-6-4-2/h18-19,38H,3-17,20-37,41H2,1-2H3,(H,44,45)/b19-18-/t38-/m1/s1. The molecule has 3 N–H and O–H groups in total. The van der Waals surface area contributed by atoms with Gasteiger partial charge in [0.15, 0.2) is 6.10 Å². The summed E-state index contributed by atoms with van der Waals surface area (Å²) in [5.74, 6) is -0.830. The van der Waals surface area contributed by atoms with Crippen LogP contribution in [0.15, 0.2) is 12.2 Å². The summed E-state index contributed by atoms with van der Waals surface area (Å²) >= 11 is 0. The van der Waals surface area contributed by atoms with Crippen LogP contribution in [0.5, 0.6) is 0 Å². The third-order valence-electron chi connectivity index (χ3n) is 8.90. The molecule has 9 nitrogen and oxygen atoms in total. The van der Waals surface area contributed by atoms with E-state index in [1.54, 1.807) is 0 Å². The molecule has 0 aliphatic heterocycles. The molecule has 1 unspecified atom stereocenters. The van der Waals surface area contributed by atoms with Crippen LogP contribution < -0.4 is 5.73 Å². The third kappa shape index (κ3) is 36.5. The molecule has 0 spiro atoms. The van der Waals surface area contributed by atoms with Gasteiger partial charge in [0.25, 0.3) is 0 Å². The monoisotopic (exact) mass is 732 g/mol. The van der Waals surface area contributed by atoms with E-state index in [1.807, 2.05) is 0 Å². The van der Waals surface area contributed by atoms with Crippen LogP contribution in [0.4, 0.5) is 0 Å². The first-order chi connectivity index (χ1) is 24.3. The van der Waals surface area contributed by atoms with E-state index >= 15 is 0 Å². The smallest absolute Gasteiger partial charge is 0.462 e. The number of esters is 2. The molecule has 0 saturated heterocycles. The number of carbonyl (C=O) groups excluding carboxylic acids is 2. The van der Waals surface area contributed by atoms with E-state index in [1.165, 1.54) is 116 Å². The van der Waals surface area contributed by atoms with Gasteiger partial charge in [-0.05, 0) is 38.5 Å². The third-order valence-corrected chi connectivity index (χ3v) is 9.89. The Bertz CT molecular complexity index is 840. The van der Waals surface area contributed by atoms with E-state index in [0.29, 0.717) is 6.42 Å². The number of nitrogens with two attached hydrogens (primary N) is 1. The molecule has 0 aliphatic carbocycles. The van der Waals surface area contributed by atoms with Crippen molar-refractivity contribution in [2.45, 2.75) is 206 Å². The molecule has 0 fully saturated rings. The molecule has 0 rings (SSSR count). The number of hydrogen-bond donors (Lipinski definition) is 2. The fraction of sp³-hybridized carbons (Fsp3) is 0.900. The van der Waals surface area contributed by atoms with Crippen molar-refractivity contribution in [3.8, 4) is 0 Å². The summed E-state index contributed by atoms with van der Waals surface area (Å²) in [6.07, 6.45) is 36.6. The minimum Gasteiger partial charge on any atom is -0.462 e. The molecule has 0 aliphatic rings. The van der Waals surface area contributed by atoms with Crippen LogP contribution >= 0.6 is 7.82 Å². The first-order valence-electron chi connectivity index (χ1n) is 20.7. The van der Waals surface area contributed by atoms with Gasteiger partial charge in [-0.2, -0.15) is 0 Å². The van der Waals surface area contributed by atoms with Gasteiger partial charge >= 0.3 is 19.8 Å². The Morgan fingerprint density at radius 1 is 0.580 bits per heavy atom. The SMILES string of the molecule is CCCCCCCCC/C=C\CCCCCCCC(=O)OC[C@H](COP(=O)(O)OCCN)OC(=O)CCCCCCCCCCCCCCC. The zero-order valence-corrected chi connectivity index (χ0v) is 33.3. The van der Waals surface area contributed by atoms with Crippen molar-refractivity contribution in [3.63, 3.8) is 0 Å². The second kappa shape index (κ2) is 37.5. The van der Waals surface area contributed by atoms with Crippen molar-refractivity contribution >= 4 is 19.8 Å². The predicted molar refractivity (Wildman–Crippen MR) is 206 cm³/mol. The van der Waals surface area contributed by atoms with E-state index in [0.717, 1.165) is 51.4 Å². The maximum atomic E-state index is 12.5. The fourth-order valence-corrected chi connectivity index (χ4v) is 6.57. The van der Waals surface area contributed by atoms with Crippen molar-refractivity contribution in [1.82, 2.24) is 0 Å². The summed E-state index contributed by atoms with van der Waals surface area (Å²) in [5, 5.41) is 0. The summed E-state index contributed by atoms with van der Waals surface area (Å²) in [5.41, 5.74) is 5.34. The number of phosphoric ester groups is 1. The number of hydrogen-bond acceptors (Lipinski definition) is 8. The normalized spacial score (nSPS) is 13.4. The highest BCUT2D eigenvalue weighted by molar-refractivity contribution is 7.47. The summed E-state index contributed by atoms with van der Waals surface area (Å²) in [4.78, 5) is 34.8. The molecule has 0 heterocycles. The molecule has 2 atom stereocenters. The summed E-state index contributed by atoms with van der Waals surface area (Å²) in [7, 11) is -4.37. The second-order valence-electron chi connectivity index (χ2n) is 13.9. The second-order valence-corrected chi connectivity index (χ2v) is 15.3. The van der Waals surface area contributed by atoms with E-state index < -0.39 is 26.5 Å². The number of carbonyl (C=O) groups is 2. The first-order valence-corrected chi connectivity index (χ1v) is 22.2. The lowest BCUT2D eigenvalue weighted by atomic mass is 10.0. The van der Waals surface area contributed by atoms with Gasteiger partial charge in [0.2, 0.25) is 0 Å². The van der Waals surface area contributed by atoms with Crippen LogP contribution in [-0.2, 0) is 32.7 Å². The molecule has 0 aromatic heterocycles. The minimum absolute atomic E-state index is 0.0550. The summed E-state index contributed by atoms with van der Waals surface area (Å²) < 4.78 is 32.7. The number of rotatable bonds is 39. The molecule has 0 aromatic rings. The van der Waals surface area contributed by atoms with Gasteiger partial charge in [-0.15, -0.1) is 0 Å². The van der Waals surface area contributed by atoms with Gasteiger partial charge in [-0.3, -0.25) is 18.6 Å². The van der Waals surface area contributed by atoms with Gasteiger partial charge in [0.1, 0.15) is 6.61 Å². The zero-order chi connectivity index (χ0) is 36.8. The van der Waals surface area contributed by atoms with Gasteiger partial charge in [-0.1, -0.05) is 161 Å². The van der Waals surface area contributed by atoms with E-state index in [-0.39, 0.29) is 38.6 Å². The molecule has 296 valence electrons. The van der Waals surface area contributed by atoms with Crippen molar-refractivity contribution in [1.29, 1.82) is 0 Å². The van der Waals surface area contributed by atoms with Crippen LogP contribution in [0.2, 0.25) is 0 Å². The Labute approximate surface area is 307 Å². The Morgan fingerprint density at radius 3 is 1.42 bits per heavy atom. The van der Waals surface area contributed by atoms with E-state index in [4.69, 9.17) is 24.3 Å². The lowest BCUT2D eigenvalue weighted by Gasteiger charge is -2.19. The average Bonchev–Trinajstić information content (AvgIpc) is 3.10. The van der Waals surface area contributed by atoms with Gasteiger partial charge in [0.05, 0.1) is 13.2 Å². The van der Waals surface area contributed by atoms with E-state index in [9.17, 15) is 19.0 Å². The van der Waals surface area contributed by atoms with Crippen LogP contribution in [0.25, 0.3) is 0 Å². The van der Waals surface area contributed by atoms with Crippen LogP contribution in [-0.4, -0.2) is 49.3 Å². The number of phosphoric acid groups is 1. The predicted octanol–water partition coefficient (Wildman–Crippen LogP) is 11.4. The molecule has 0 aromatic carbocycles. The first kappa shape index (κ1) is 48.8. The number of allylic oxidation sites excluding steroid dienone is 2. The molecule has 0 radical (unpaired) electrons. The summed E-state index contributed by atoms with van der Waals surface area (Å²) in [6.45, 7) is 3.73. The fourth-order valence-electron chi connectivity index (χ4n) is 5.81. The minimum atomic E-state index is -4.37. The van der Waals surface area contributed by atoms with Gasteiger partial charge in [0, 0.05) is 19.4 Å². The highest BCUT2D eigenvalue weighted by Crippen LogP contribution is 2.43. The van der Waals surface area contributed by atoms with Crippen LogP contribution in [0, 0.1) is 0 Å². The number of ether oxygens (including phenoxy) is 2. The maximum Gasteiger partial charge on any atom is 0.472 e. The lowest BCUT2D eigenvalue weighted by Crippen LogP contribution is -2.29. The Hall–Kier alpha value is -1.25. The maximum absolute atomic E-state index is 12.5. The highest BCUT2D eigenvalue weighted by Gasteiger charge is 2.26. The molecule has 0 saturated carbocycles. The Morgan fingerprint density at radius 2 is 0.980 bits per heavy atom. The van der Waals surface area contributed by atoms with Crippen LogP contribution in [0.3, 0.4) is 0 Å². The van der Waals surface area contributed by atoms with Gasteiger partial charge < -0.3 is 20.1 Å². The zero-order valence-electron chi connectivity index (χ0n) is 32.4. The van der Waals surface area contributed by atoms with Crippen molar-refractivity contribution < 1.29 is 37.6 Å². The molecular weight excluding hydrogens is 653 g/mol. The van der Waals surface area contributed by atoms with Gasteiger partial charge in [-0.25, -0.2) is 4.57 Å². The molecular formula is C40H78NO8P. The highest BCUT2D eigenvalue weighted by atomic mass is 31.2. The molecule has 10 heteroatoms. The largest absolute Gasteiger partial charge is 0.472 e. The van der Waals surface area contributed by atoms with Crippen molar-refractivity contribution in [2.75, 3.05) is 26.4 Å². The van der Waals surface area contributed by atoms with E-state index in [2.05, 4.69) is 26.0 Å². The number of unbranched alkanes of at least 4 members (excludes halogenated alkanes) is 24. The van der Waals surface area contributed by atoms with Crippen molar-refractivity contribution in [3.05, 3.63) is 12.2 Å². The molecule has 0 amide bonds. The molecule has 0 bridgehead atoms. The average molecular weight is 732 g/mol. The van der Waals surface area contributed by atoms with Crippen LogP contribution in [0.1, 0.15) is 200 Å². The Kier molecular flexibility index (Phi) is 36.6. The van der Waals surface area contributed by atoms with Crippen molar-refractivity contribution in [2.24, 2.45) is 5.73 Å². The Balaban J connectivity index is 4.16. The lowest BCUT2D eigenvalue weighted by molar-refractivity contribution is -0.161.